The maximum Gasteiger partial charge on any atom is 0.410 e. The second-order valence-electron chi connectivity index (χ2n) is 8.40. The molecule has 2 aliphatic rings. The topological polar surface area (TPSA) is 74.0 Å². The van der Waals surface area contributed by atoms with E-state index in [9.17, 15) is 4.79 Å². The molecular weight excluding hydrogens is 416 g/mol. The summed E-state index contributed by atoms with van der Waals surface area (Å²) in [4.78, 5) is 15.0. The maximum absolute atomic E-state index is 13.3. The molecule has 1 aliphatic heterocycles. The first-order valence-electron chi connectivity index (χ1n) is 11.2. The molecule has 1 atom stereocenters. The molecule has 1 aliphatic carbocycles. The van der Waals surface area contributed by atoms with Crippen LogP contribution in [0.2, 0.25) is 0 Å². The number of rotatable bonds is 5. The summed E-state index contributed by atoms with van der Waals surface area (Å²) in [6, 6.07) is 20.2. The highest BCUT2D eigenvalue weighted by Gasteiger charge is 2.35. The molecule has 3 aromatic carbocycles. The first-order valence-corrected chi connectivity index (χ1v) is 11.2. The lowest BCUT2D eigenvalue weighted by Crippen LogP contribution is -2.44. The zero-order chi connectivity index (χ0) is 22.9. The number of nitrogens with two attached hydrogens (primary N) is 1. The Kier molecular flexibility index (Phi) is 5.68. The third-order valence-electron chi connectivity index (χ3n) is 6.78. The largest absolute Gasteiger partial charge is 0.497 e. The summed E-state index contributed by atoms with van der Waals surface area (Å²) < 4.78 is 16.9. The summed E-state index contributed by atoms with van der Waals surface area (Å²) in [6.07, 6.45) is 0.333. The Hall–Kier alpha value is -3.51. The van der Waals surface area contributed by atoms with Crippen LogP contribution >= 0.6 is 0 Å². The normalized spacial score (nSPS) is 16.6. The Morgan fingerprint density at radius 3 is 2.27 bits per heavy atom. The number of nitrogens with zero attached hydrogens (tertiary/aromatic N) is 1. The summed E-state index contributed by atoms with van der Waals surface area (Å²) in [5.74, 6) is 1.43. The molecule has 0 bridgehead atoms. The molecule has 1 unspecified atom stereocenters. The van der Waals surface area contributed by atoms with Crippen LogP contribution in [0.3, 0.4) is 0 Å². The Morgan fingerprint density at radius 1 is 1.00 bits per heavy atom. The van der Waals surface area contributed by atoms with Crippen molar-refractivity contribution in [3.8, 4) is 22.6 Å². The number of methoxy groups -OCH3 is 2. The number of hydrogen-bond acceptors (Lipinski definition) is 5. The zero-order valence-electron chi connectivity index (χ0n) is 18.9. The van der Waals surface area contributed by atoms with E-state index in [4.69, 9.17) is 19.9 Å². The molecule has 0 saturated carbocycles. The van der Waals surface area contributed by atoms with Crippen molar-refractivity contribution in [2.24, 2.45) is 5.73 Å². The van der Waals surface area contributed by atoms with Crippen molar-refractivity contribution in [3.63, 3.8) is 0 Å². The van der Waals surface area contributed by atoms with Gasteiger partial charge in [-0.3, -0.25) is 4.90 Å². The first-order chi connectivity index (χ1) is 16.2. The quantitative estimate of drug-likeness (QED) is 0.627. The third kappa shape index (κ3) is 3.60. The van der Waals surface area contributed by atoms with Crippen LogP contribution in [0.5, 0.6) is 11.5 Å². The van der Waals surface area contributed by atoms with Crippen molar-refractivity contribution >= 4 is 6.09 Å². The average Bonchev–Trinajstić information content (AvgIpc) is 3.19. The van der Waals surface area contributed by atoms with E-state index in [1.54, 1.807) is 19.1 Å². The predicted octanol–water partition coefficient (Wildman–Crippen LogP) is 4.51. The number of ether oxygens (including phenoxy) is 3. The van der Waals surface area contributed by atoms with E-state index in [0.717, 1.165) is 16.9 Å². The van der Waals surface area contributed by atoms with Gasteiger partial charge in [-0.15, -0.1) is 0 Å². The smallest absolute Gasteiger partial charge is 0.410 e. The van der Waals surface area contributed by atoms with E-state index >= 15 is 0 Å². The zero-order valence-corrected chi connectivity index (χ0v) is 18.9. The molecule has 6 nitrogen and oxygen atoms in total. The van der Waals surface area contributed by atoms with Gasteiger partial charge < -0.3 is 19.9 Å². The number of carbonyl (C=O) groups excluding carboxylic acids is 1. The van der Waals surface area contributed by atoms with E-state index < -0.39 is 0 Å². The van der Waals surface area contributed by atoms with E-state index in [1.165, 1.54) is 22.3 Å². The maximum atomic E-state index is 13.3. The highest BCUT2D eigenvalue weighted by atomic mass is 16.6. The Labute approximate surface area is 193 Å². The number of hydrogen-bond donors (Lipinski definition) is 1. The van der Waals surface area contributed by atoms with Crippen molar-refractivity contribution in [1.82, 2.24) is 4.90 Å². The second kappa shape index (κ2) is 8.79. The van der Waals surface area contributed by atoms with Crippen molar-refractivity contribution in [3.05, 3.63) is 82.9 Å². The molecule has 1 amide bonds. The van der Waals surface area contributed by atoms with Crippen LogP contribution in [0.15, 0.2) is 60.7 Å². The minimum Gasteiger partial charge on any atom is -0.497 e. The van der Waals surface area contributed by atoms with Gasteiger partial charge in [-0.1, -0.05) is 48.5 Å². The minimum atomic E-state index is -0.351. The summed E-state index contributed by atoms with van der Waals surface area (Å²) >= 11 is 0. The van der Waals surface area contributed by atoms with Gasteiger partial charge >= 0.3 is 6.09 Å². The van der Waals surface area contributed by atoms with Crippen molar-refractivity contribution in [2.45, 2.75) is 18.4 Å². The van der Waals surface area contributed by atoms with Crippen LogP contribution in [0.4, 0.5) is 4.79 Å². The molecule has 0 radical (unpaired) electrons. The van der Waals surface area contributed by atoms with Gasteiger partial charge in [0, 0.05) is 30.6 Å². The lowest BCUT2D eigenvalue weighted by Gasteiger charge is -2.37. The molecule has 3 aromatic rings. The highest BCUT2D eigenvalue weighted by Crippen LogP contribution is 2.45. The molecule has 1 heterocycles. The van der Waals surface area contributed by atoms with Gasteiger partial charge in [-0.05, 0) is 40.3 Å². The van der Waals surface area contributed by atoms with Gasteiger partial charge in [0.25, 0.3) is 0 Å². The van der Waals surface area contributed by atoms with E-state index in [1.807, 2.05) is 36.4 Å². The van der Waals surface area contributed by atoms with Gasteiger partial charge in [-0.25, -0.2) is 4.79 Å². The van der Waals surface area contributed by atoms with Crippen LogP contribution < -0.4 is 15.2 Å². The molecule has 0 aromatic heterocycles. The Morgan fingerprint density at radius 2 is 1.67 bits per heavy atom. The van der Waals surface area contributed by atoms with Crippen molar-refractivity contribution in [2.75, 3.05) is 33.9 Å². The fourth-order valence-electron chi connectivity index (χ4n) is 5.22. The lowest BCUT2D eigenvalue weighted by atomic mass is 9.91. The molecule has 0 spiro atoms. The number of amides is 1. The van der Waals surface area contributed by atoms with Gasteiger partial charge in [0.1, 0.15) is 18.1 Å². The molecule has 0 fully saturated rings. The molecule has 33 heavy (non-hydrogen) atoms. The highest BCUT2D eigenvalue weighted by molar-refractivity contribution is 5.79. The van der Waals surface area contributed by atoms with E-state index in [0.29, 0.717) is 18.7 Å². The molecule has 2 N–H and O–H groups in total. The molecular formula is C27H28N2O4. The first kappa shape index (κ1) is 21.3. The SMILES string of the molecule is COc1cc2c(c(OC)c1)C(CN)N(C(=O)OCC1c3ccccc3-c3ccccc31)CC2. The van der Waals surface area contributed by atoms with Crippen LogP contribution in [-0.2, 0) is 11.2 Å². The standard InChI is InChI=1S/C27H28N2O4/c1-31-18-13-17-11-12-29(24(15-28)26(17)25(14-18)32-2)27(30)33-16-23-21-9-5-3-7-19(21)20-8-4-6-10-22(20)23/h3-10,13-14,23-24H,11-12,15-16,28H2,1-2H3. The fourth-order valence-corrected chi connectivity index (χ4v) is 5.22. The fraction of sp³-hybridized carbons (Fsp3) is 0.296. The molecule has 0 saturated heterocycles. The van der Waals surface area contributed by atoms with Crippen LogP contribution in [0.25, 0.3) is 11.1 Å². The third-order valence-corrected chi connectivity index (χ3v) is 6.78. The van der Waals surface area contributed by atoms with Crippen LogP contribution in [0, 0.1) is 0 Å². The molecule has 5 rings (SSSR count). The number of benzene rings is 3. The lowest BCUT2D eigenvalue weighted by molar-refractivity contribution is 0.0811. The Balaban J connectivity index is 1.38. The summed E-state index contributed by atoms with van der Waals surface area (Å²) in [7, 11) is 3.25. The summed E-state index contributed by atoms with van der Waals surface area (Å²) in [5.41, 5.74) is 13.0. The minimum absolute atomic E-state index is 0.0218. The summed E-state index contributed by atoms with van der Waals surface area (Å²) in [5, 5.41) is 0. The van der Waals surface area contributed by atoms with E-state index in [-0.39, 0.29) is 31.2 Å². The second-order valence-corrected chi connectivity index (χ2v) is 8.40. The Bertz CT molecular complexity index is 1130. The average molecular weight is 445 g/mol. The van der Waals surface area contributed by atoms with Gasteiger partial charge in [-0.2, -0.15) is 0 Å². The van der Waals surface area contributed by atoms with Gasteiger partial charge in [0.2, 0.25) is 0 Å². The number of fused-ring (bicyclic) bond motifs is 4. The van der Waals surface area contributed by atoms with Gasteiger partial charge in [0.05, 0.1) is 20.3 Å². The summed E-state index contributed by atoms with van der Waals surface area (Å²) in [6.45, 7) is 1.09. The molecule has 170 valence electrons. The monoisotopic (exact) mass is 444 g/mol. The predicted molar refractivity (Wildman–Crippen MR) is 127 cm³/mol. The van der Waals surface area contributed by atoms with Gasteiger partial charge in [0.15, 0.2) is 0 Å². The van der Waals surface area contributed by atoms with Crippen LogP contribution in [-0.4, -0.2) is 44.9 Å². The van der Waals surface area contributed by atoms with Crippen molar-refractivity contribution < 1.29 is 19.0 Å². The van der Waals surface area contributed by atoms with Crippen LogP contribution in [0.1, 0.15) is 34.2 Å². The number of carbonyl (C=O) groups is 1. The van der Waals surface area contributed by atoms with Crippen molar-refractivity contribution in [1.29, 1.82) is 0 Å². The van der Waals surface area contributed by atoms with E-state index in [2.05, 4.69) is 24.3 Å². The molecule has 6 heteroatoms.